The van der Waals surface area contributed by atoms with E-state index >= 15 is 0 Å². The predicted octanol–water partition coefficient (Wildman–Crippen LogP) is 6.05. The molecule has 0 fully saturated rings. The Hall–Kier alpha value is -3.11. The number of allylic oxidation sites excluding steroid dienone is 5. The summed E-state index contributed by atoms with van der Waals surface area (Å²) in [7, 11) is 0. The van der Waals surface area contributed by atoms with E-state index in [0.717, 1.165) is 11.1 Å². The van der Waals surface area contributed by atoms with Gasteiger partial charge < -0.3 is 0 Å². The zero-order valence-corrected chi connectivity index (χ0v) is 15.2. The summed E-state index contributed by atoms with van der Waals surface area (Å²) < 4.78 is 2.53. The molecule has 0 aliphatic rings. The van der Waals surface area contributed by atoms with Crippen LogP contribution in [0.3, 0.4) is 0 Å². The summed E-state index contributed by atoms with van der Waals surface area (Å²) in [4.78, 5) is 13.3. The molecule has 3 nitrogen and oxygen atoms in total. The number of hydrogen-bond acceptors (Lipinski definition) is 4. The van der Waals surface area contributed by atoms with Crippen molar-refractivity contribution in [3.8, 4) is 11.4 Å². The minimum Gasteiger partial charge on any atom is -0.217 e. The van der Waals surface area contributed by atoms with E-state index in [1.807, 2.05) is 25.2 Å². The maximum absolute atomic E-state index is 4.66. The molecule has 0 saturated heterocycles. The molecular weight excluding hydrogens is 338 g/mol. The fraction of sp³-hybridized carbons (Fsp3) is 0.0455. The zero-order valence-electron chi connectivity index (χ0n) is 14.4. The van der Waals surface area contributed by atoms with Gasteiger partial charge in [-0.2, -0.15) is 0 Å². The summed E-state index contributed by atoms with van der Waals surface area (Å²) >= 11 is 1.79. The van der Waals surface area contributed by atoms with Gasteiger partial charge in [0.05, 0.1) is 0 Å². The van der Waals surface area contributed by atoms with Gasteiger partial charge in [0.25, 0.3) is 0 Å². The second kappa shape index (κ2) is 7.02. The molecule has 2 aromatic carbocycles. The van der Waals surface area contributed by atoms with Gasteiger partial charge in [0, 0.05) is 31.3 Å². The molecule has 2 heterocycles. The quantitative estimate of drug-likeness (QED) is 0.418. The van der Waals surface area contributed by atoms with Crippen LogP contribution in [0.15, 0.2) is 79.7 Å². The van der Waals surface area contributed by atoms with E-state index in [1.54, 1.807) is 23.7 Å². The van der Waals surface area contributed by atoms with Crippen LogP contribution < -0.4 is 0 Å². The van der Waals surface area contributed by atoms with E-state index in [1.165, 1.54) is 20.2 Å². The lowest BCUT2D eigenvalue weighted by Gasteiger charge is -2.04. The lowest BCUT2D eigenvalue weighted by Crippen LogP contribution is -1.97. The van der Waals surface area contributed by atoms with Gasteiger partial charge >= 0.3 is 0 Å². The van der Waals surface area contributed by atoms with E-state index in [-0.39, 0.29) is 0 Å². The average molecular weight is 355 g/mol. The fourth-order valence-corrected chi connectivity index (χ4v) is 4.06. The molecule has 0 atom stereocenters. The summed E-state index contributed by atoms with van der Waals surface area (Å²) in [5.41, 5.74) is 1.94. The Morgan fingerprint density at radius 2 is 1.88 bits per heavy atom. The first-order valence-corrected chi connectivity index (χ1v) is 9.18. The molecule has 0 unspecified atom stereocenters. The van der Waals surface area contributed by atoms with E-state index in [0.29, 0.717) is 11.6 Å². The first-order chi connectivity index (χ1) is 12.8. The Bertz CT molecular complexity index is 1170. The fourth-order valence-electron chi connectivity index (χ4n) is 2.91. The van der Waals surface area contributed by atoms with Crippen molar-refractivity contribution in [3.05, 3.63) is 85.5 Å². The van der Waals surface area contributed by atoms with Crippen molar-refractivity contribution in [2.75, 3.05) is 0 Å². The number of aromatic nitrogens is 3. The Morgan fingerprint density at radius 3 is 2.73 bits per heavy atom. The standard InChI is InChI=1S/C22H17N3S/c1-3-5-8-15(4-2)21-23-14-24-22(25-21)16-11-12-18-17-9-6-7-10-19(17)26-20(18)13-16/h3-14H,1H2,2H3/b8-5-,15-4+. The number of fused-ring (bicyclic) bond motifs is 3. The van der Waals surface area contributed by atoms with Crippen molar-refractivity contribution in [3.63, 3.8) is 0 Å². The van der Waals surface area contributed by atoms with Crippen molar-refractivity contribution < 1.29 is 0 Å². The molecule has 0 amide bonds. The summed E-state index contributed by atoms with van der Waals surface area (Å²) in [6.07, 6.45) is 9.11. The Balaban J connectivity index is 1.80. The highest BCUT2D eigenvalue weighted by atomic mass is 32.1. The number of thiophene rings is 1. The van der Waals surface area contributed by atoms with Gasteiger partial charge in [0.15, 0.2) is 11.6 Å². The maximum Gasteiger partial charge on any atom is 0.163 e. The van der Waals surface area contributed by atoms with Crippen LogP contribution in [-0.2, 0) is 0 Å². The number of hydrogen-bond donors (Lipinski definition) is 0. The maximum atomic E-state index is 4.66. The van der Waals surface area contributed by atoms with Gasteiger partial charge in [0.2, 0.25) is 0 Å². The van der Waals surface area contributed by atoms with Crippen LogP contribution in [0.4, 0.5) is 0 Å². The summed E-state index contributed by atoms with van der Waals surface area (Å²) in [6, 6.07) is 14.9. The molecule has 4 aromatic rings. The van der Waals surface area contributed by atoms with Gasteiger partial charge in [-0.25, -0.2) is 15.0 Å². The third-order valence-electron chi connectivity index (χ3n) is 4.19. The summed E-state index contributed by atoms with van der Waals surface area (Å²) in [5.74, 6) is 1.34. The monoisotopic (exact) mass is 355 g/mol. The van der Waals surface area contributed by atoms with Crippen LogP contribution in [0.1, 0.15) is 12.7 Å². The number of rotatable bonds is 4. The Kier molecular flexibility index (Phi) is 4.42. The Morgan fingerprint density at radius 1 is 1.04 bits per heavy atom. The third kappa shape index (κ3) is 2.95. The van der Waals surface area contributed by atoms with E-state index in [9.17, 15) is 0 Å². The van der Waals surface area contributed by atoms with Crippen LogP contribution in [0, 0.1) is 0 Å². The predicted molar refractivity (Wildman–Crippen MR) is 111 cm³/mol. The topological polar surface area (TPSA) is 38.7 Å². The van der Waals surface area contributed by atoms with Crippen molar-refractivity contribution in [2.24, 2.45) is 0 Å². The lowest BCUT2D eigenvalue weighted by molar-refractivity contribution is 1.03. The van der Waals surface area contributed by atoms with Crippen LogP contribution in [0.25, 0.3) is 37.1 Å². The second-order valence-electron chi connectivity index (χ2n) is 5.78. The van der Waals surface area contributed by atoms with Gasteiger partial charge in [-0.05, 0) is 19.1 Å². The van der Waals surface area contributed by atoms with Gasteiger partial charge in [-0.1, -0.05) is 61.2 Å². The lowest BCUT2D eigenvalue weighted by atomic mass is 10.1. The molecule has 26 heavy (non-hydrogen) atoms. The molecule has 4 heteroatoms. The third-order valence-corrected chi connectivity index (χ3v) is 5.32. The number of nitrogens with zero attached hydrogens (tertiary/aromatic N) is 3. The first-order valence-electron chi connectivity index (χ1n) is 8.36. The normalized spacial score (nSPS) is 12.3. The smallest absolute Gasteiger partial charge is 0.163 e. The molecule has 2 aromatic heterocycles. The van der Waals surface area contributed by atoms with Crippen LogP contribution in [0.5, 0.6) is 0 Å². The molecule has 0 N–H and O–H groups in total. The highest BCUT2D eigenvalue weighted by Crippen LogP contribution is 2.35. The highest BCUT2D eigenvalue weighted by molar-refractivity contribution is 7.25. The van der Waals surface area contributed by atoms with Crippen molar-refractivity contribution in [2.45, 2.75) is 6.92 Å². The average Bonchev–Trinajstić information content (AvgIpc) is 3.06. The van der Waals surface area contributed by atoms with Gasteiger partial charge in [0.1, 0.15) is 6.33 Å². The minimum atomic E-state index is 0.659. The Labute approximate surface area is 156 Å². The van der Waals surface area contributed by atoms with Gasteiger partial charge in [-0.3, -0.25) is 0 Å². The molecule has 126 valence electrons. The highest BCUT2D eigenvalue weighted by Gasteiger charge is 2.09. The van der Waals surface area contributed by atoms with Gasteiger partial charge in [-0.15, -0.1) is 11.3 Å². The molecule has 4 rings (SSSR count). The number of benzene rings is 2. The van der Waals surface area contributed by atoms with Crippen molar-refractivity contribution in [1.82, 2.24) is 15.0 Å². The molecule has 0 aliphatic carbocycles. The molecule has 0 aliphatic heterocycles. The van der Waals surface area contributed by atoms with Crippen LogP contribution in [0.2, 0.25) is 0 Å². The van der Waals surface area contributed by atoms with E-state index in [2.05, 4.69) is 64.0 Å². The van der Waals surface area contributed by atoms with E-state index in [4.69, 9.17) is 0 Å². The largest absolute Gasteiger partial charge is 0.217 e. The second-order valence-corrected chi connectivity index (χ2v) is 6.86. The molecule has 0 saturated carbocycles. The molecule has 0 radical (unpaired) electrons. The van der Waals surface area contributed by atoms with Crippen molar-refractivity contribution >= 4 is 37.1 Å². The summed E-state index contributed by atoms with van der Waals surface area (Å²) in [6.45, 7) is 5.67. The SMILES string of the molecule is C=C/C=C\C(=C/C)c1ncnc(-c2ccc3c(c2)sc2ccccc23)n1. The first kappa shape index (κ1) is 16.4. The zero-order chi connectivity index (χ0) is 17.9. The molecular formula is C22H17N3S. The molecule has 0 bridgehead atoms. The van der Waals surface area contributed by atoms with Crippen molar-refractivity contribution in [1.29, 1.82) is 0 Å². The van der Waals surface area contributed by atoms with Crippen LogP contribution in [-0.4, -0.2) is 15.0 Å². The van der Waals surface area contributed by atoms with E-state index < -0.39 is 0 Å². The van der Waals surface area contributed by atoms with Crippen LogP contribution >= 0.6 is 11.3 Å². The molecule has 0 spiro atoms. The summed E-state index contributed by atoms with van der Waals surface area (Å²) in [5, 5.41) is 2.56. The minimum absolute atomic E-state index is 0.659.